The number of ether oxygens (including phenoxy) is 1. The molecule has 1 aromatic rings. The van der Waals surface area contributed by atoms with Crippen molar-refractivity contribution in [2.75, 3.05) is 26.7 Å². The fourth-order valence-electron chi connectivity index (χ4n) is 2.89. The van der Waals surface area contributed by atoms with E-state index in [9.17, 15) is 4.79 Å². The highest BCUT2D eigenvalue weighted by molar-refractivity contribution is 5.90. The summed E-state index contributed by atoms with van der Waals surface area (Å²) in [5.41, 5.74) is 1.66. The maximum absolute atomic E-state index is 11.7. The minimum atomic E-state index is -0.265. The third-order valence-electron chi connectivity index (χ3n) is 4.22. The van der Waals surface area contributed by atoms with Crippen molar-refractivity contribution in [3.63, 3.8) is 0 Å². The van der Waals surface area contributed by atoms with E-state index in [0.29, 0.717) is 24.1 Å². The molecule has 0 saturated carbocycles. The largest absolute Gasteiger partial charge is 0.465 e. The lowest BCUT2D eigenvalue weighted by molar-refractivity contribution is 0.0599. The van der Waals surface area contributed by atoms with Crippen molar-refractivity contribution < 1.29 is 9.53 Å². The van der Waals surface area contributed by atoms with Crippen molar-refractivity contribution in [2.24, 2.45) is 5.92 Å². The molecule has 0 aromatic heterocycles. The average Bonchev–Trinajstić information content (AvgIpc) is 2.96. The molecule has 0 bridgehead atoms. The Morgan fingerprint density at radius 3 is 2.86 bits per heavy atom. The maximum atomic E-state index is 11.7. The molecular formula is C17H26N2O2. The number of nitrogens with zero attached hydrogens (tertiary/aromatic N) is 1. The first-order valence-corrected chi connectivity index (χ1v) is 7.72. The normalized spacial score (nSPS) is 19.1. The van der Waals surface area contributed by atoms with Gasteiger partial charge >= 0.3 is 5.97 Å². The van der Waals surface area contributed by atoms with E-state index in [1.807, 2.05) is 24.3 Å². The van der Waals surface area contributed by atoms with E-state index in [-0.39, 0.29) is 5.97 Å². The average molecular weight is 290 g/mol. The lowest BCUT2D eigenvalue weighted by atomic mass is 10.1. The standard InChI is InChI=1S/C17H26N2O2/c1-13(2)19-9-8-14(12-19)10-18-11-15-6-4-5-7-16(15)17(20)21-3/h4-7,13-14,18H,8-12H2,1-3H3. The number of nitrogens with one attached hydrogen (secondary N) is 1. The molecule has 0 amide bonds. The first-order chi connectivity index (χ1) is 10.1. The molecular weight excluding hydrogens is 264 g/mol. The summed E-state index contributed by atoms with van der Waals surface area (Å²) in [6, 6.07) is 8.26. The molecule has 0 spiro atoms. The van der Waals surface area contributed by atoms with E-state index in [1.54, 1.807) is 0 Å². The van der Waals surface area contributed by atoms with Gasteiger partial charge in [-0.2, -0.15) is 0 Å². The highest BCUT2D eigenvalue weighted by Crippen LogP contribution is 2.18. The van der Waals surface area contributed by atoms with Gasteiger partial charge in [0.25, 0.3) is 0 Å². The number of carbonyl (C=O) groups excluding carboxylic acids is 1. The summed E-state index contributed by atoms with van der Waals surface area (Å²) >= 11 is 0. The van der Waals surface area contributed by atoms with E-state index >= 15 is 0 Å². The molecule has 1 aliphatic heterocycles. The van der Waals surface area contributed by atoms with Crippen molar-refractivity contribution in [3.8, 4) is 0 Å². The van der Waals surface area contributed by atoms with Gasteiger partial charge < -0.3 is 15.0 Å². The van der Waals surface area contributed by atoms with Gasteiger partial charge in [0, 0.05) is 19.1 Å². The number of benzene rings is 1. The fourth-order valence-corrected chi connectivity index (χ4v) is 2.89. The number of carbonyl (C=O) groups is 1. The zero-order chi connectivity index (χ0) is 15.2. The van der Waals surface area contributed by atoms with Crippen molar-refractivity contribution in [3.05, 3.63) is 35.4 Å². The van der Waals surface area contributed by atoms with Crippen LogP contribution >= 0.6 is 0 Å². The molecule has 1 unspecified atom stereocenters. The molecule has 1 aromatic carbocycles. The predicted octanol–water partition coefficient (Wildman–Crippen LogP) is 2.29. The summed E-state index contributed by atoms with van der Waals surface area (Å²) in [5.74, 6) is 0.442. The molecule has 1 heterocycles. The summed E-state index contributed by atoms with van der Waals surface area (Å²) in [7, 11) is 1.42. The zero-order valence-electron chi connectivity index (χ0n) is 13.3. The van der Waals surface area contributed by atoms with Crippen LogP contribution in [0.2, 0.25) is 0 Å². The number of esters is 1. The van der Waals surface area contributed by atoms with E-state index < -0.39 is 0 Å². The Morgan fingerprint density at radius 2 is 2.19 bits per heavy atom. The molecule has 2 rings (SSSR count). The van der Waals surface area contributed by atoms with E-state index in [2.05, 4.69) is 24.1 Å². The predicted molar refractivity (Wildman–Crippen MR) is 84.3 cm³/mol. The highest BCUT2D eigenvalue weighted by atomic mass is 16.5. The van der Waals surface area contributed by atoms with Crippen molar-refractivity contribution >= 4 is 5.97 Å². The molecule has 21 heavy (non-hydrogen) atoms. The number of likely N-dealkylation sites (tertiary alicyclic amines) is 1. The maximum Gasteiger partial charge on any atom is 0.338 e. The van der Waals surface area contributed by atoms with Crippen molar-refractivity contribution in [2.45, 2.75) is 32.9 Å². The van der Waals surface area contributed by atoms with Gasteiger partial charge in [-0.1, -0.05) is 18.2 Å². The van der Waals surface area contributed by atoms with Crippen LogP contribution in [0.25, 0.3) is 0 Å². The van der Waals surface area contributed by atoms with Crippen LogP contribution in [-0.4, -0.2) is 43.7 Å². The molecule has 0 radical (unpaired) electrons. The van der Waals surface area contributed by atoms with E-state index in [4.69, 9.17) is 4.74 Å². The molecule has 0 aliphatic carbocycles. The lowest BCUT2D eigenvalue weighted by Crippen LogP contribution is -2.30. The van der Waals surface area contributed by atoms with Crippen LogP contribution in [-0.2, 0) is 11.3 Å². The van der Waals surface area contributed by atoms with Crippen molar-refractivity contribution in [1.82, 2.24) is 10.2 Å². The van der Waals surface area contributed by atoms with Gasteiger partial charge in [0.2, 0.25) is 0 Å². The lowest BCUT2D eigenvalue weighted by Gasteiger charge is -2.20. The number of hydrogen-bond acceptors (Lipinski definition) is 4. The molecule has 1 atom stereocenters. The third-order valence-corrected chi connectivity index (χ3v) is 4.22. The quantitative estimate of drug-likeness (QED) is 0.816. The van der Waals surface area contributed by atoms with Gasteiger partial charge in [-0.25, -0.2) is 4.79 Å². The number of hydrogen-bond donors (Lipinski definition) is 1. The summed E-state index contributed by atoms with van der Waals surface area (Å²) in [4.78, 5) is 14.2. The first-order valence-electron chi connectivity index (χ1n) is 7.72. The second-order valence-electron chi connectivity index (χ2n) is 6.02. The monoisotopic (exact) mass is 290 g/mol. The summed E-state index contributed by atoms with van der Waals surface area (Å²) in [5, 5.41) is 3.49. The van der Waals surface area contributed by atoms with Gasteiger partial charge in [-0.15, -0.1) is 0 Å². The van der Waals surface area contributed by atoms with Crippen molar-refractivity contribution in [1.29, 1.82) is 0 Å². The minimum Gasteiger partial charge on any atom is -0.465 e. The fraction of sp³-hybridized carbons (Fsp3) is 0.588. The smallest absolute Gasteiger partial charge is 0.338 e. The Balaban J connectivity index is 1.83. The topological polar surface area (TPSA) is 41.6 Å². The Morgan fingerprint density at radius 1 is 1.43 bits per heavy atom. The molecule has 4 nitrogen and oxygen atoms in total. The Hall–Kier alpha value is -1.39. The van der Waals surface area contributed by atoms with Gasteiger partial charge in [-0.05, 0) is 50.9 Å². The van der Waals surface area contributed by atoms with Crippen LogP contribution in [0.5, 0.6) is 0 Å². The second kappa shape index (κ2) is 7.57. The van der Waals surface area contributed by atoms with E-state index in [1.165, 1.54) is 26.6 Å². The van der Waals surface area contributed by atoms with Gasteiger partial charge in [0.15, 0.2) is 0 Å². The molecule has 4 heteroatoms. The third kappa shape index (κ3) is 4.29. The van der Waals surface area contributed by atoms with Crippen LogP contribution in [0, 0.1) is 5.92 Å². The highest BCUT2D eigenvalue weighted by Gasteiger charge is 2.23. The first kappa shape index (κ1) is 16.0. The summed E-state index contributed by atoms with van der Waals surface area (Å²) in [6.45, 7) is 8.58. The summed E-state index contributed by atoms with van der Waals surface area (Å²) in [6.07, 6.45) is 1.25. The molecule has 1 saturated heterocycles. The van der Waals surface area contributed by atoms with Crippen LogP contribution in [0.3, 0.4) is 0 Å². The number of rotatable bonds is 6. The number of methoxy groups -OCH3 is 1. The SMILES string of the molecule is COC(=O)c1ccccc1CNCC1CCN(C(C)C)C1. The molecule has 1 N–H and O–H groups in total. The minimum absolute atomic E-state index is 0.265. The summed E-state index contributed by atoms with van der Waals surface area (Å²) < 4.78 is 4.82. The Labute approximate surface area is 127 Å². The second-order valence-corrected chi connectivity index (χ2v) is 6.02. The van der Waals surface area contributed by atoms with E-state index in [0.717, 1.165) is 12.1 Å². The van der Waals surface area contributed by atoms with Gasteiger partial charge in [0.1, 0.15) is 0 Å². The zero-order valence-corrected chi connectivity index (χ0v) is 13.3. The van der Waals surface area contributed by atoms with Gasteiger partial charge in [0.05, 0.1) is 12.7 Å². The van der Waals surface area contributed by atoms with Crippen LogP contribution < -0.4 is 5.32 Å². The Bertz CT molecular complexity index is 474. The van der Waals surface area contributed by atoms with Crippen LogP contribution in [0.15, 0.2) is 24.3 Å². The van der Waals surface area contributed by atoms with Gasteiger partial charge in [-0.3, -0.25) is 0 Å². The van der Waals surface area contributed by atoms with Crippen LogP contribution in [0.1, 0.15) is 36.2 Å². The van der Waals surface area contributed by atoms with Crippen LogP contribution in [0.4, 0.5) is 0 Å². The molecule has 1 aliphatic rings. The molecule has 1 fully saturated rings. The molecule has 116 valence electrons. The Kier molecular flexibility index (Phi) is 5.76.